The molecular formula is C10H7N3O2S. The third-order valence-electron chi connectivity index (χ3n) is 2.33. The van der Waals surface area contributed by atoms with Crippen LogP contribution in [0.1, 0.15) is 5.56 Å². The highest BCUT2D eigenvalue weighted by Gasteiger charge is 2.29. The maximum atomic E-state index is 11.7. The molecule has 6 heteroatoms. The molecule has 0 unspecified atom stereocenters. The number of rotatable bonds is 0. The van der Waals surface area contributed by atoms with E-state index in [-0.39, 0.29) is 4.90 Å². The van der Waals surface area contributed by atoms with Crippen molar-refractivity contribution in [2.75, 3.05) is 0 Å². The molecule has 16 heavy (non-hydrogen) atoms. The van der Waals surface area contributed by atoms with E-state index in [0.717, 1.165) is 0 Å². The number of hydrogen-bond acceptors (Lipinski definition) is 3. The number of benzene rings is 1. The number of nitrogens with zero attached hydrogens (tertiary/aromatic N) is 3. The maximum Gasteiger partial charge on any atom is 0.285 e. The van der Waals surface area contributed by atoms with Gasteiger partial charge in [0.25, 0.3) is 10.0 Å². The van der Waals surface area contributed by atoms with Crippen LogP contribution in [-0.2, 0) is 10.0 Å². The van der Waals surface area contributed by atoms with Crippen LogP contribution in [0.15, 0.2) is 52.0 Å². The molecule has 1 aliphatic heterocycles. The van der Waals surface area contributed by atoms with Crippen molar-refractivity contribution in [1.29, 1.82) is 0 Å². The van der Waals surface area contributed by atoms with E-state index < -0.39 is 10.0 Å². The summed E-state index contributed by atoms with van der Waals surface area (Å²) in [6.45, 7) is 0. The molecule has 5 nitrogen and oxygen atoms in total. The SMILES string of the molecule is O=S1(=O)N=C(n2cccn2)c2ccccc21. The van der Waals surface area contributed by atoms with Gasteiger partial charge < -0.3 is 0 Å². The van der Waals surface area contributed by atoms with E-state index in [1.807, 2.05) is 0 Å². The zero-order valence-electron chi connectivity index (χ0n) is 8.11. The normalized spacial score (nSPS) is 16.9. The molecule has 0 amide bonds. The number of hydrogen-bond donors (Lipinski definition) is 0. The summed E-state index contributed by atoms with van der Waals surface area (Å²) in [6, 6.07) is 8.44. The molecule has 0 fully saturated rings. The highest BCUT2D eigenvalue weighted by Crippen LogP contribution is 2.25. The van der Waals surface area contributed by atoms with Gasteiger partial charge in [-0.15, -0.1) is 4.40 Å². The van der Waals surface area contributed by atoms with Crippen LogP contribution in [0.5, 0.6) is 0 Å². The highest BCUT2D eigenvalue weighted by atomic mass is 32.2. The molecule has 0 saturated heterocycles. The fourth-order valence-corrected chi connectivity index (χ4v) is 2.84. The Balaban J connectivity index is 2.31. The van der Waals surface area contributed by atoms with E-state index in [2.05, 4.69) is 9.50 Å². The summed E-state index contributed by atoms with van der Waals surface area (Å²) in [4.78, 5) is 0.237. The van der Waals surface area contributed by atoms with Gasteiger partial charge in [-0.2, -0.15) is 13.5 Å². The van der Waals surface area contributed by atoms with Crippen LogP contribution >= 0.6 is 0 Å². The molecule has 1 aromatic carbocycles. The number of aromatic nitrogens is 2. The second kappa shape index (κ2) is 3.02. The first-order chi connectivity index (χ1) is 7.68. The molecule has 80 valence electrons. The zero-order chi connectivity index (χ0) is 11.2. The molecule has 0 spiro atoms. The molecule has 1 aromatic heterocycles. The van der Waals surface area contributed by atoms with Gasteiger partial charge in [-0.1, -0.05) is 12.1 Å². The van der Waals surface area contributed by atoms with Gasteiger partial charge >= 0.3 is 0 Å². The van der Waals surface area contributed by atoms with E-state index in [0.29, 0.717) is 11.4 Å². The minimum atomic E-state index is -3.55. The van der Waals surface area contributed by atoms with Gasteiger partial charge in [-0.3, -0.25) is 0 Å². The molecule has 2 heterocycles. The van der Waals surface area contributed by atoms with Gasteiger partial charge in [0, 0.05) is 18.0 Å². The van der Waals surface area contributed by atoms with Gasteiger partial charge in [0.15, 0.2) is 5.84 Å². The van der Waals surface area contributed by atoms with E-state index in [9.17, 15) is 8.42 Å². The van der Waals surface area contributed by atoms with Crippen molar-refractivity contribution < 1.29 is 8.42 Å². The van der Waals surface area contributed by atoms with Crippen molar-refractivity contribution in [2.45, 2.75) is 4.90 Å². The second-order valence-corrected chi connectivity index (χ2v) is 4.91. The Morgan fingerprint density at radius 2 is 1.94 bits per heavy atom. The van der Waals surface area contributed by atoms with Gasteiger partial charge in [0.2, 0.25) is 0 Å². The fourth-order valence-electron chi connectivity index (χ4n) is 1.65. The van der Waals surface area contributed by atoms with Crippen molar-refractivity contribution in [1.82, 2.24) is 9.78 Å². The quantitative estimate of drug-likeness (QED) is 0.678. The van der Waals surface area contributed by atoms with E-state index >= 15 is 0 Å². The Hall–Kier alpha value is -1.95. The third kappa shape index (κ3) is 1.20. The van der Waals surface area contributed by atoms with Crippen LogP contribution in [0.25, 0.3) is 0 Å². The zero-order valence-corrected chi connectivity index (χ0v) is 8.92. The first-order valence-electron chi connectivity index (χ1n) is 4.63. The minimum absolute atomic E-state index is 0.237. The Kier molecular flexibility index (Phi) is 1.75. The Bertz CT molecular complexity index is 672. The topological polar surface area (TPSA) is 64.3 Å². The Labute approximate surface area is 92.1 Å². The first-order valence-corrected chi connectivity index (χ1v) is 6.07. The maximum absolute atomic E-state index is 11.7. The van der Waals surface area contributed by atoms with E-state index in [1.54, 1.807) is 42.7 Å². The molecule has 2 aromatic rings. The van der Waals surface area contributed by atoms with Gasteiger partial charge in [-0.05, 0) is 18.2 Å². The lowest BCUT2D eigenvalue weighted by molar-refractivity contribution is 0.599. The molecule has 0 aliphatic carbocycles. The lowest BCUT2D eigenvalue weighted by Gasteiger charge is -2.00. The van der Waals surface area contributed by atoms with Crippen LogP contribution in [-0.4, -0.2) is 24.0 Å². The molecular weight excluding hydrogens is 226 g/mol. The van der Waals surface area contributed by atoms with Crippen molar-refractivity contribution in [3.8, 4) is 0 Å². The number of sulfonamides is 1. The predicted molar refractivity (Wildman–Crippen MR) is 57.8 cm³/mol. The molecule has 0 saturated carbocycles. The third-order valence-corrected chi connectivity index (χ3v) is 3.66. The highest BCUT2D eigenvalue weighted by molar-refractivity contribution is 7.90. The molecule has 0 atom stereocenters. The van der Waals surface area contributed by atoms with Crippen LogP contribution < -0.4 is 0 Å². The summed E-state index contributed by atoms with van der Waals surface area (Å²) in [5.74, 6) is 0.348. The van der Waals surface area contributed by atoms with Crippen molar-refractivity contribution in [2.24, 2.45) is 4.40 Å². The van der Waals surface area contributed by atoms with Crippen LogP contribution in [0.2, 0.25) is 0 Å². The summed E-state index contributed by atoms with van der Waals surface area (Å²) in [7, 11) is -3.55. The summed E-state index contributed by atoms with van der Waals surface area (Å²) in [6.07, 6.45) is 3.24. The summed E-state index contributed by atoms with van der Waals surface area (Å²) in [5.41, 5.74) is 0.589. The smallest absolute Gasteiger partial charge is 0.221 e. The number of fused-ring (bicyclic) bond motifs is 1. The second-order valence-electron chi connectivity index (χ2n) is 3.34. The lowest BCUT2D eigenvalue weighted by atomic mass is 10.2. The summed E-state index contributed by atoms with van der Waals surface area (Å²) in [5, 5.41) is 3.98. The van der Waals surface area contributed by atoms with Gasteiger partial charge in [0.05, 0.1) is 0 Å². The van der Waals surface area contributed by atoms with Crippen molar-refractivity contribution in [3.63, 3.8) is 0 Å². The average Bonchev–Trinajstić information content (AvgIpc) is 2.86. The van der Waals surface area contributed by atoms with Crippen molar-refractivity contribution >= 4 is 15.9 Å². The molecule has 0 bridgehead atoms. The summed E-state index contributed by atoms with van der Waals surface area (Å²) >= 11 is 0. The van der Waals surface area contributed by atoms with Gasteiger partial charge in [0.1, 0.15) is 4.90 Å². The lowest BCUT2D eigenvalue weighted by Crippen LogP contribution is -2.11. The average molecular weight is 233 g/mol. The monoisotopic (exact) mass is 233 g/mol. The van der Waals surface area contributed by atoms with Crippen LogP contribution in [0, 0.1) is 0 Å². The van der Waals surface area contributed by atoms with Crippen LogP contribution in [0.4, 0.5) is 0 Å². The molecule has 0 radical (unpaired) electrons. The minimum Gasteiger partial charge on any atom is -0.221 e. The fraction of sp³-hybridized carbons (Fsp3) is 0. The summed E-state index contributed by atoms with van der Waals surface area (Å²) < 4.78 is 28.6. The molecule has 3 rings (SSSR count). The van der Waals surface area contributed by atoms with E-state index in [4.69, 9.17) is 0 Å². The van der Waals surface area contributed by atoms with Crippen molar-refractivity contribution in [3.05, 3.63) is 48.3 Å². The Morgan fingerprint density at radius 3 is 2.69 bits per heavy atom. The molecule has 0 N–H and O–H groups in total. The predicted octanol–water partition coefficient (Wildman–Crippen LogP) is 0.880. The van der Waals surface area contributed by atoms with E-state index in [1.165, 1.54) is 4.68 Å². The van der Waals surface area contributed by atoms with Crippen LogP contribution in [0.3, 0.4) is 0 Å². The molecule has 1 aliphatic rings. The standard InChI is InChI=1S/C10H7N3O2S/c14-16(15)9-5-2-1-4-8(9)10(12-16)13-7-3-6-11-13/h1-7H. The Morgan fingerprint density at radius 1 is 1.12 bits per heavy atom. The largest absolute Gasteiger partial charge is 0.285 e. The first kappa shape index (κ1) is 9.29. The van der Waals surface area contributed by atoms with Gasteiger partial charge in [-0.25, -0.2) is 4.68 Å².